The number of amides is 1. The quantitative estimate of drug-likeness (QED) is 0.353. The van der Waals surface area contributed by atoms with Crippen LogP contribution in [0.25, 0.3) is 5.76 Å². The third kappa shape index (κ3) is 3.68. The van der Waals surface area contributed by atoms with Crippen LogP contribution in [0.5, 0.6) is 11.5 Å². The van der Waals surface area contributed by atoms with E-state index in [2.05, 4.69) is 0 Å². The number of hydrogen-bond acceptors (Lipinski definition) is 6. The van der Waals surface area contributed by atoms with Gasteiger partial charge in [-0.25, -0.2) is 0 Å². The van der Waals surface area contributed by atoms with Crippen LogP contribution in [0.2, 0.25) is 0 Å². The number of aliphatic hydroxyl groups is 1. The Bertz CT molecular complexity index is 1120. The highest BCUT2D eigenvalue weighted by Crippen LogP contribution is 2.44. The number of ketones is 1. The number of nitrogens with zero attached hydrogens (tertiary/aromatic N) is 1. The Morgan fingerprint density at radius 2 is 1.65 bits per heavy atom. The molecular formula is C24H21NO5S. The highest BCUT2D eigenvalue weighted by Gasteiger charge is 2.46. The fraction of sp³-hybridized carbons (Fsp3) is 0.167. The number of aliphatic hydroxyl groups excluding tert-OH is 1. The minimum atomic E-state index is -0.740. The van der Waals surface area contributed by atoms with Crippen LogP contribution >= 0.6 is 11.3 Å². The van der Waals surface area contributed by atoms with Gasteiger partial charge in [0.15, 0.2) is 0 Å². The summed E-state index contributed by atoms with van der Waals surface area (Å²) in [6.45, 7) is 0.266. The molecule has 31 heavy (non-hydrogen) atoms. The molecule has 6 nitrogen and oxygen atoms in total. The second-order valence-electron chi connectivity index (χ2n) is 6.95. The number of likely N-dealkylation sites (tertiary alicyclic amines) is 1. The van der Waals surface area contributed by atoms with E-state index >= 15 is 0 Å². The molecule has 0 saturated carbocycles. The van der Waals surface area contributed by atoms with Crippen LogP contribution in [0.1, 0.15) is 22.0 Å². The van der Waals surface area contributed by atoms with E-state index in [4.69, 9.17) is 9.47 Å². The first-order chi connectivity index (χ1) is 15.1. The number of carbonyl (C=O) groups is 2. The Hall–Kier alpha value is -3.58. The summed E-state index contributed by atoms with van der Waals surface area (Å²) in [6, 6.07) is 17.3. The maximum absolute atomic E-state index is 13.2. The predicted octanol–water partition coefficient (Wildman–Crippen LogP) is 4.39. The zero-order valence-corrected chi connectivity index (χ0v) is 17.9. The van der Waals surface area contributed by atoms with Gasteiger partial charge in [-0.3, -0.25) is 9.59 Å². The minimum absolute atomic E-state index is 0.00977. The smallest absolute Gasteiger partial charge is 0.295 e. The molecule has 0 bridgehead atoms. The van der Waals surface area contributed by atoms with Crippen molar-refractivity contribution in [2.24, 2.45) is 0 Å². The van der Waals surface area contributed by atoms with Crippen molar-refractivity contribution in [3.05, 3.63) is 87.6 Å². The molecule has 1 aliphatic rings. The number of rotatable bonds is 6. The maximum atomic E-state index is 13.2. The summed E-state index contributed by atoms with van der Waals surface area (Å²) < 4.78 is 10.8. The number of methoxy groups -OCH3 is 2. The third-order valence-corrected chi connectivity index (χ3v) is 6.09. The molecule has 7 heteroatoms. The van der Waals surface area contributed by atoms with Gasteiger partial charge in [-0.2, -0.15) is 0 Å². The predicted molar refractivity (Wildman–Crippen MR) is 118 cm³/mol. The molecule has 1 amide bonds. The zero-order chi connectivity index (χ0) is 22.0. The fourth-order valence-corrected chi connectivity index (χ4v) is 4.52. The Morgan fingerprint density at radius 3 is 2.23 bits per heavy atom. The van der Waals surface area contributed by atoms with Crippen molar-refractivity contribution in [1.82, 2.24) is 4.90 Å². The van der Waals surface area contributed by atoms with E-state index in [0.717, 1.165) is 10.4 Å². The van der Waals surface area contributed by atoms with Gasteiger partial charge in [-0.05, 0) is 29.1 Å². The number of Topliss-reactive ketones (excluding diaryl/α,β-unsaturated/α-hetero) is 1. The fourth-order valence-electron chi connectivity index (χ4n) is 3.81. The zero-order valence-electron chi connectivity index (χ0n) is 17.1. The topological polar surface area (TPSA) is 76.1 Å². The minimum Gasteiger partial charge on any atom is -0.506 e. The van der Waals surface area contributed by atoms with Crippen LogP contribution in [0, 0.1) is 0 Å². The first-order valence-electron chi connectivity index (χ1n) is 9.64. The van der Waals surface area contributed by atoms with E-state index in [1.54, 1.807) is 18.2 Å². The van der Waals surface area contributed by atoms with Crippen molar-refractivity contribution in [2.75, 3.05) is 14.2 Å². The molecule has 0 aliphatic carbocycles. The largest absolute Gasteiger partial charge is 0.506 e. The lowest BCUT2D eigenvalue weighted by Crippen LogP contribution is -2.28. The summed E-state index contributed by atoms with van der Waals surface area (Å²) in [5.74, 6) is -1.04. The highest BCUT2D eigenvalue weighted by atomic mass is 32.1. The Balaban J connectivity index is 1.93. The van der Waals surface area contributed by atoms with Crippen molar-refractivity contribution in [2.45, 2.75) is 12.6 Å². The van der Waals surface area contributed by atoms with Crippen LogP contribution in [-0.4, -0.2) is 35.9 Å². The summed E-state index contributed by atoms with van der Waals surface area (Å²) in [4.78, 5) is 28.6. The Morgan fingerprint density at radius 1 is 0.968 bits per heavy atom. The first kappa shape index (κ1) is 20.7. The molecular weight excluding hydrogens is 414 g/mol. The SMILES string of the molecule is COc1cccc(OC)c1/C(O)=C1\C(=O)C(=O)N(Cc2cccs2)C1c1ccccc1. The maximum Gasteiger partial charge on any atom is 0.295 e. The van der Waals surface area contributed by atoms with Crippen LogP contribution in [0.3, 0.4) is 0 Å². The molecule has 0 radical (unpaired) electrons. The van der Waals surface area contributed by atoms with Gasteiger partial charge in [0.1, 0.15) is 22.8 Å². The van der Waals surface area contributed by atoms with Gasteiger partial charge in [0, 0.05) is 4.88 Å². The number of ether oxygens (including phenoxy) is 2. The normalized spacial score (nSPS) is 17.7. The van der Waals surface area contributed by atoms with Crippen molar-refractivity contribution in [1.29, 1.82) is 0 Å². The summed E-state index contributed by atoms with van der Waals surface area (Å²) in [7, 11) is 2.94. The van der Waals surface area contributed by atoms with E-state index in [1.165, 1.54) is 30.5 Å². The molecule has 1 N–H and O–H groups in total. The van der Waals surface area contributed by atoms with Crippen molar-refractivity contribution < 1.29 is 24.2 Å². The molecule has 1 aromatic heterocycles. The van der Waals surface area contributed by atoms with Gasteiger partial charge in [-0.1, -0.05) is 42.5 Å². The monoisotopic (exact) mass is 435 g/mol. The Kier molecular flexibility index (Phi) is 5.77. The molecule has 1 aliphatic heterocycles. The average Bonchev–Trinajstić information content (AvgIpc) is 3.41. The van der Waals surface area contributed by atoms with Gasteiger partial charge >= 0.3 is 0 Å². The average molecular weight is 436 g/mol. The molecule has 3 aromatic rings. The molecule has 2 aromatic carbocycles. The number of benzene rings is 2. The molecule has 1 fully saturated rings. The lowest BCUT2D eigenvalue weighted by atomic mass is 9.94. The van der Waals surface area contributed by atoms with E-state index < -0.39 is 17.7 Å². The first-order valence-corrected chi connectivity index (χ1v) is 10.5. The van der Waals surface area contributed by atoms with Crippen LogP contribution in [0.15, 0.2) is 71.6 Å². The molecule has 1 unspecified atom stereocenters. The summed E-state index contributed by atoms with van der Waals surface area (Å²) in [5, 5.41) is 13.3. The van der Waals surface area contributed by atoms with Gasteiger partial charge in [0.05, 0.1) is 32.4 Å². The van der Waals surface area contributed by atoms with Gasteiger partial charge in [-0.15, -0.1) is 11.3 Å². The van der Waals surface area contributed by atoms with Crippen LogP contribution in [-0.2, 0) is 16.1 Å². The molecule has 158 valence electrons. The number of hydrogen-bond donors (Lipinski definition) is 1. The lowest BCUT2D eigenvalue weighted by molar-refractivity contribution is -0.140. The third-order valence-electron chi connectivity index (χ3n) is 5.23. The van der Waals surface area contributed by atoms with Crippen LogP contribution < -0.4 is 9.47 Å². The highest BCUT2D eigenvalue weighted by molar-refractivity contribution is 7.09. The number of thiophene rings is 1. The van der Waals surface area contributed by atoms with E-state index in [-0.39, 0.29) is 23.4 Å². The van der Waals surface area contributed by atoms with E-state index in [1.807, 2.05) is 47.8 Å². The molecule has 4 rings (SSSR count). The van der Waals surface area contributed by atoms with Gasteiger partial charge in [0.2, 0.25) is 0 Å². The molecule has 1 atom stereocenters. The summed E-state index contributed by atoms with van der Waals surface area (Å²) in [6.07, 6.45) is 0. The van der Waals surface area contributed by atoms with E-state index in [9.17, 15) is 14.7 Å². The van der Waals surface area contributed by atoms with Crippen molar-refractivity contribution >= 4 is 28.8 Å². The van der Waals surface area contributed by atoms with Gasteiger partial charge < -0.3 is 19.5 Å². The molecule has 0 spiro atoms. The van der Waals surface area contributed by atoms with E-state index in [0.29, 0.717) is 11.5 Å². The van der Waals surface area contributed by atoms with Gasteiger partial charge in [0.25, 0.3) is 11.7 Å². The summed E-state index contributed by atoms with van der Waals surface area (Å²) in [5.41, 5.74) is 0.979. The van der Waals surface area contributed by atoms with Crippen LogP contribution in [0.4, 0.5) is 0 Å². The second kappa shape index (κ2) is 8.65. The molecule has 1 saturated heterocycles. The van der Waals surface area contributed by atoms with Crippen molar-refractivity contribution in [3.8, 4) is 11.5 Å². The lowest BCUT2D eigenvalue weighted by Gasteiger charge is -2.25. The van der Waals surface area contributed by atoms with Crippen molar-refractivity contribution in [3.63, 3.8) is 0 Å². The molecule has 2 heterocycles. The number of carbonyl (C=O) groups excluding carboxylic acids is 2. The Labute approximate surface area is 184 Å². The second-order valence-corrected chi connectivity index (χ2v) is 7.99. The summed E-state index contributed by atoms with van der Waals surface area (Å²) >= 11 is 1.50. The standard InChI is InChI=1S/C24H21NO5S/c1-29-17-11-6-12-18(30-2)19(17)22(26)20-21(15-8-4-3-5-9-15)25(24(28)23(20)27)14-16-10-7-13-31-16/h3-13,21,26H,14H2,1-2H3/b22-20+.